The number of hydrogen-bond donors (Lipinski definition) is 5. The van der Waals surface area contributed by atoms with Crippen LogP contribution in [0.2, 0.25) is 0 Å². The number of rotatable bonds is 3. The number of nitrogens with two attached hydrogens (primary N) is 1. The second-order valence-electron chi connectivity index (χ2n) is 5.32. The van der Waals surface area contributed by atoms with Crippen LogP contribution >= 0.6 is 0 Å². The Morgan fingerprint density at radius 2 is 1.74 bits per heavy atom. The molecule has 6 N–H and O–H groups in total. The molecule has 7 heteroatoms. The number of ether oxygens (including phenoxy) is 2. The molecule has 0 bridgehead atoms. The first-order valence-electron chi connectivity index (χ1n) is 6.76. The Bertz CT molecular complexity index is 289. The van der Waals surface area contributed by atoms with E-state index < -0.39 is 37.3 Å². The summed E-state index contributed by atoms with van der Waals surface area (Å²) in [6.07, 6.45) is -2.71. The van der Waals surface area contributed by atoms with Crippen LogP contribution in [-0.2, 0) is 9.47 Å². The Morgan fingerprint density at radius 3 is 2.37 bits per heavy atom. The molecule has 19 heavy (non-hydrogen) atoms. The van der Waals surface area contributed by atoms with Crippen molar-refractivity contribution in [2.45, 2.75) is 68.5 Å². The van der Waals surface area contributed by atoms with E-state index in [1.54, 1.807) is 0 Å². The molecule has 1 saturated carbocycles. The van der Waals surface area contributed by atoms with Gasteiger partial charge in [-0.3, -0.25) is 0 Å². The van der Waals surface area contributed by atoms with Gasteiger partial charge in [-0.1, -0.05) is 12.8 Å². The van der Waals surface area contributed by atoms with Crippen LogP contribution in [0.25, 0.3) is 0 Å². The molecule has 2 rings (SSSR count). The third-order valence-corrected chi connectivity index (χ3v) is 3.91. The monoisotopic (exact) mass is 277 g/mol. The van der Waals surface area contributed by atoms with Crippen molar-refractivity contribution in [3.8, 4) is 0 Å². The van der Waals surface area contributed by atoms with E-state index in [0.29, 0.717) is 0 Å². The lowest BCUT2D eigenvalue weighted by atomic mass is 9.93. The van der Waals surface area contributed by atoms with Crippen LogP contribution in [0.5, 0.6) is 0 Å². The molecule has 2 aliphatic rings. The van der Waals surface area contributed by atoms with E-state index in [4.69, 9.17) is 20.3 Å². The fourth-order valence-corrected chi connectivity index (χ4v) is 2.65. The third kappa shape index (κ3) is 3.25. The largest absolute Gasteiger partial charge is 0.394 e. The predicted molar refractivity (Wildman–Crippen MR) is 65.1 cm³/mol. The topological polar surface area (TPSA) is 125 Å². The van der Waals surface area contributed by atoms with Crippen molar-refractivity contribution in [2.24, 2.45) is 5.73 Å². The fourth-order valence-electron chi connectivity index (χ4n) is 2.65. The third-order valence-electron chi connectivity index (χ3n) is 3.91. The van der Waals surface area contributed by atoms with Crippen molar-refractivity contribution < 1.29 is 29.9 Å². The maximum absolute atomic E-state index is 9.86. The molecule has 1 aliphatic heterocycles. The smallest absolute Gasteiger partial charge is 0.187 e. The van der Waals surface area contributed by atoms with Gasteiger partial charge in [0.1, 0.15) is 24.4 Å². The van der Waals surface area contributed by atoms with E-state index in [9.17, 15) is 15.3 Å². The fraction of sp³-hybridized carbons (Fsp3) is 1.00. The Hall–Kier alpha value is -0.280. The summed E-state index contributed by atoms with van der Waals surface area (Å²) in [7, 11) is 0. The van der Waals surface area contributed by atoms with Crippen LogP contribution in [0.4, 0.5) is 0 Å². The zero-order chi connectivity index (χ0) is 14.0. The second-order valence-corrected chi connectivity index (χ2v) is 5.32. The standard InChI is InChI=1S/C12H23NO6/c13-6-3-1-2-4-7(6)18-12-11(17)10(16)9(15)8(5-14)19-12/h6-12,14-17H,1-5,13H2/t6-,7-,8+,9+,10-,11+,12-/m1/s1. The highest BCUT2D eigenvalue weighted by atomic mass is 16.7. The lowest BCUT2D eigenvalue weighted by molar-refractivity contribution is -0.314. The highest BCUT2D eigenvalue weighted by molar-refractivity contribution is 4.90. The Labute approximate surface area is 111 Å². The average Bonchev–Trinajstić information content (AvgIpc) is 2.41. The Morgan fingerprint density at radius 1 is 1.05 bits per heavy atom. The molecule has 1 saturated heterocycles. The summed E-state index contributed by atoms with van der Waals surface area (Å²) in [5.74, 6) is 0. The van der Waals surface area contributed by atoms with Gasteiger partial charge in [-0.2, -0.15) is 0 Å². The van der Waals surface area contributed by atoms with Crippen molar-refractivity contribution in [3.63, 3.8) is 0 Å². The molecular weight excluding hydrogens is 254 g/mol. The van der Waals surface area contributed by atoms with E-state index >= 15 is 0 Å². The van der Waals surface area contributed by atoms with Crippen LogP contribution in [0, 0.1) is 0 Å². The lowest BCUT2D eigenvalue weighted by Gasteiger charge is -2.42. The summed E-state index contributed by atoms with van der Waals surface area (Å²) in [5.41, 5.74) is 5.95. The first-order valence-corrected chi connectivity index (χ1v) is 6.76. The maximum Gasteiger partial charge on any atom is 0.187 e. The van der Waals surface area contributed by atoms with E-state index in [0.717, 1.165) is 25.7 Å². The van der Waals surface area contributed by atoms with Gasteiger partial charge in [-0.15, -0.1) is 0 Å². The summed E-state index contributed by atoms with van der Waals surface area (Å²) < 4.78 is 10.9. The minimum absolute atomic E-state index is 0.124. The molecule has 0 amide bonds. The Balaban J connectivity index is 1.98. The van der Waals surface area contributed by atoms with Crippen molar-refractivity contribution in [2.75, 3.05) is 6.61 Å². The molecule has 7 nitrogen and oxygen atoms in total. The summed E-state index contributed by atoms with van der Waals surface area (Å²) >= 11 is 0. The van der Waals surface area contributed by atoms with Crippen molar-refractivity contribution in [1.29, 1.82) is 0 Å². The van der Waals surface area contributed by atoms with Crippen LogP contribution < -0.4 is 5.73 Å². The molecule has 0 radical (unpaired) electrons. The minimum Gasteiger partial charge on any atom is -0.394 e. The van der Waals surface area contributed by atoms with Crippen molar-refractivity contribution in [1.82, 2.24) is 0 Å². The summed E-state index contributed by atoms with van der Waals surface area (Å²) in [6.45, 7) is -0.457. The summed E-state index contributed by atoms with van der Waals surface area (Å²) in [6, 6.07) is -0.124. The van der Waals surface area contributed by atoms with Crippen LogP contribution in [0.1, 0.15) is 25.7 Å². The second kappa shape index (κ2) is 6.45. The van der Waals surface area contributed by atoms with Gasteiger partial charge in [0.15, 0.2) is 6.29 Å². The maximum atomic E-state index is 9.86. The molecule has 2 fully saturated rings. The molecule has 0 spiro atoms. The van der Waals surface area contributed by atoms with Crippen LogP contribution in [-0.4, -0.2) is 69.9 Å². The Kier molecular flexibility index (Phi) is 5.13. The zero-order valence-electron chi connectivity index (χ0n) is 10.8. The molecule has 1 heterocycles. The van der Waals surface area contributed by atoms with Gasteiger partial charge in [0, 0.05) is 6.04 Å². The van der Waals surface area contributed by atoms with Gasteiger partial charge in [0.25, 0.3) is 0 Å². The molecule has 0 unspecified atom stereocenters. The zero-order valence-corrected chi connectivity index (χ0v) is 10.8. The number of aliphatic hydroxyl groups is 4. The molecule has 112 valence electrons. The van der Waals surface area contributed by atoms with Crippen LogP contribution in [0.3, 0.4) is 0 Å². The van der Waals surface area contributed by atoms with E-state index in [-0.39, 0.29) is 12.1 Å². The van der Waals surface area contributed by atoms with E-state index in [2.05, 4.69) is 0 Å². The molecule has 0 aromatic rings. The quantitative estimate of drug-likeness (QED) is 0.407. The van der Waals surface area contributed by atoms with Gasteiger partial charge in [0.05, 0.1) is 12.7 Å². The highest BCUT2D eigenvalue weighted by Gasteiger charge is 2.45. The number of aliphatic hydroxyl groups excluding tert-OH is 4. The minimum atomic E-state index is -1.41. The molecule has 0 aromatic heterocycles. The van der Waals surface area contributed by atoms with Crippen molar-refractivity contribution in [3.05, 3.63) is 0 Å². The SMILES string of the molecule is N[C@@H]1CCCC[C@H]1O[C@@H]1O[C@@H](CO)[C@H](O)[C@@H](O)[C@@H]1O. The van der Waals surface area contributed by atoms with Crippen molar-refractivity contribution >= 4 is 0 Å². The van der Waals surface area contributed by atoms with Gasteiger partial charge in [0.2, 0.25) is 0 Å². The molecule has 0 aromatic carbocycles. The summed E-state index contributed by atoms with van der Waals surface area (Å²) in [5, 5.41) is 38.3. The first kappa shape index (κ1) is 15.1. The lowest BCUT2D eigenvalue weighted by Crippen LogP contribution is -2.60. The van der Waals surface area contributed by atoms with Gasteiger partial charge in [-0.05, 0) is 12.8 Å². The summed E-state index contributed by atoms with van der Waals surface area (Å²) in [4.78, 5) is 0. The van der Waals surface area contributed by atoms with Gasteiger partial charge in [-0.25, -0.2) is 0 Å². The predicted octanol–water partition coefficient (Wildman–Crippen LogP) is -1.93. The van der Waals surface area contributed by atoms with E-state index in [1.165, 1.54) is 0 Å². The normalized spacial score (nSPS) is 48.2. The molecule has 7 atom stereocenters. The average molecular weight is 277 g/mol. The van der Waals surface area contributed by atoms with Gasteiger partial charge >= 0.3 is 0 Å². The first-order chi connectivity index (χ1) is 9.04. The van der Waals surface area contributed by atoms with E-state index in [1.807, 2.05) is 0 Å². The number of hydrogen-bond acceptors (Lipinski definition) is 7. The highest BCUT2D eigenvalue weighted by Crippen LogP contribution is 2.27. The van der Waals surface area contributed by atoms with Gasteiger partial charge < -0.3 is 35.6 Å². The van der Waals surface area contributed by atoms with Crippen LogP contribution in [0.15, 0.2) is 0 Å². The molecular formula is C12H23NO6. The molecule has 1 aliphatic carbocycles.